The monoisotopic (exact) mass is 310 g/mol. The number of carbonyl (C=O) groups is 1. The number of fused-ring (bicyclic) bond motifs is 1. The average molecular weight is 310 g/mol. The summed E-state index contributed by atoms with van der Waals surface area (Å²) in [5.41, 5.74) is 11.9. The van der Waals surface area contributed by atoms with E-state index in [1.807, 2.05) is 42.5 Å². The molecule has 118 valence electrons. The van der Waals surface area contributed by atoms with E-state index in [1.165, 1.54) is 0 Å². The van der Waals surface area contributed by atoms with Gasteiger partial charge in [0.2, 0.25) is 0 Å². The first-order valence-electron chi connectivity index (χ1n) is 7.04. The minimum absolute atomic E-state index is 0.385. The molecular formula is C17H18N4O2. The van der Waals surface area contributed by atoms with Crippen LogP contribution in [0.3, 0.4) is 0 Å². The number of nitrogens with zero attached hydrogens (tertiary/aromatic N) is 2. The lowest BCUT2D eigenvalue weighted by Crippen LogP contribution is -2.32. The molecule has 2 aromatic heterocycles. The number of carboxylic acids is 1. The smallest absolute Gasteiger partial charge is 0.320 e. The largest absolute Gasteiger partial charge is 0.480 e. The maximum Gasteiger partial charge on any atom is 0.320 e. The summed E-state index contributed by atoms with van der Waals surface area (Å²) in [6, 6.07) is 12.4. The van der Waals surface area contributed by atoms with Gasteiger partial charge in [-0.25, -0.2) is 4.98 Å². The van der Waals surface area contributed by atoms with Crippen molar-refractivity contribution in [3.8, 4) is 0 Å². The Bertz CT molecular complexity index is 772. The second-order valence-corrected chi connectivity index (χ2v) is 4.93. The topological polar surface area (TPSA) is 115 Å². The Labute approximate surface area is 133 Å². The van der Waals surface area contributed by atoms with E-state index >= 15 is 0 Å². The standard InChI is InChI=1S/C9H11NO2.C8H7N3/c10-8(9(11)12)6-7-4-2-1-3-5-7;9-8-7-5-10-3-1-6(7)2-4-11-8/h1-5,8H,6,10H2,(H,11,12);1-5H,(H2,9,11)/t8-;/m0./s1. The van der Waals surface area contributed by atoms with Crippen LogP contribution < -0.4 is 11.5 Å². The van der Waals surface area contributed by atoms with Crippen molar-refractivity contribution in [1.29, 1.82) is 0 Å². The molecule has 0 saturated heterocycles. The van der Waals surface area contributed by atoms with E-state index in [2.05, 4.69) is 9.97 Å². The summed E-state index contributed by atoms with van der Waals surface area (Å²) in [6.45, 7) is 0. The van der Waals surface area contributed by atoms with Crippen molar-refractivity contribution in [3.63, 3.8) is 0 Å². The molecule has 1 atom stereocenters. The number of nitrogen functional groups attached to an aromatic ring is 1. The fourth-order valence-electron chi connectivity index (χ4n) is 1.99. The Morgan fingerprint density at radius 3 is 2.48 bits per heavy atom. The lowest BCUT2D eigenvalue weighted by molar-refractivity contribution is -0.138. The molecule has 0 amide bonds. The summed E-state index contributed by atoms with van der Waals surface area (Å²) in [6.07, 6.45) is 5.54. The molecule has 1 aromatic carbocycles. The minimum Gasteiger partial charge on any atom is -0.480 e. The number of pyridine rings is 2. The van der Waals surface area contributed by atoms with Crippen LogP contribution in [0.2, 0.25) is 0 Å². The molecule has 3 rings (SSSR count). The highest BCUT2D eigenvalue weighted by atomic mass is 16.4. The van der Waals surface area contributed by atoms with E-state index < -0.39 is 12.0 Å². The first-order chi connectivity index (χ1) is 11.1. The molecule has 0 bridgehead atoms. The van der Waals surface area contributed by atoms with E-state index in [4.69, 9.17) is 16.6 Å². The maximum absolute atomic E-state index is 10.4. The van der Waals surface area contributed by atoms with E-state index in [0.29, 0.717) is 12.2 Å². The van der Waals surface area contributed by atoms with Gasteiger partial charge in [-0.1, -0.05) is 30.3 Å². The van der Waals surface area contributed by atoms with Gasteiger partial charge in [0.25, 0.3) is 0 Å². The zero-order chi connectivity index (χ0) is 16.7. The molecular weight excluding hydrogens is 292 g/mol. The number of hydrogen-bond acceptors (Lipinski definition) is 5. The highest BCUT2D eigenvalue weighted by molar-refractivity contribution is 5.89. The summed E-state index contributed by atoms with van der Waals surface area (Å²) in [4.78, 5) is 18.3. The van der Waals surface area contributed by atoms with Crippen LogP contribution in [0, 0.1) is 0 Å². The molecule has 0 aliphatic heterocycles. The predicted octanol–water partition coefficient (Wildman–Crippen LogP) is 1.85. The van der Waals surface area contributed by atoms with Crippen molar-refractivity contribution in [2.24, 2.45) is 5.73 Å². The number of anilines is 1. The van der Waals surface area contributed by atoms with Crippen LogP contribution in [0.15, 0.2) is 61.1 Å². The second-order valence-electron chi connectivity index (χ2n) is 4.93. The highest BCUT2D eigenvalue weighted by Crippen LogP contribution is 2.15. The molecule has 3 aromatic rings. The number of carboxylic acid groups (broad SMARTS) is 1. The summed E-state index contributed by atoms with van der Waals surface area (Å²) in [7, 11) is 0. The Morgan fingerprint density at radius 2 is 1.83 bits per heavy atom. The van der Waals surface area contributed by atoms with Crippen LogP contribution in [0.5, 0.6) is 0 Å². The van der Waals surface area contributed by atoms with Crippen LogP contribution in [0.1, 0.15) is 5.56 Å². The number of aliphatic carboxylic acids is 1. The van der Waals surface area contributed by atoms with E-state index in [0.717, 1.165) is 16.3 Å². The van der Waals surface area contributed by atoms with Gasteiger partial charge in [-0.3, -0.25) is 9.78 Å². The quantitative estimate of drug-likeness (QED) is 0.680. The lowest BCUT2D eigenvalue weighted by Gasteiger charge is -2.04. The Morgan fingerprint density at radius 1 is 1.13 bits per heavy atom. The Balaban J connectivity index is 0.000000167. The van der Waals surface area contributed by atoms with Crippen molar-refractivity contribution in [2.45, 2.75) is 12.5 Å². The van der Waals surface area contributed by atoms with Crippen LogP contribution in [0.25, 0.3) is 10.8 Å². The number of benzene rings is 1. The predicted molar refractivity (Wildman–Crippen MR) is 89.7 cm³/mol. The number of rotatable bonds is 3. The summed E-state index contributed by atoms with van der Waals surface area (Å²) in [5, 5.41) is 10.5. The molecule has 0 saturated carbocycles. The summed E-state index contributed by atoms with van der Waals surface area (Å²) in [5.74, 6) is -0.422. The van der Waals surface area contributed by atoms with Crippen molar-refractivity contribution in [1.82, 2.24) is 9.97 Å². The van der Waals surface area contributed by atoms with Gasteiger partial charge in [0.05, 0.1) is 0 Å². The molecule has 5 N–H and O–H groups in total. The number of hydrogen-bond donors (Lipinski definition) is 3. The fraction of sp³-hybridized carbons (Fsp3) is 0.118. The first kappa shape index (κ1) is 16.4. The fourth-order valence-corrected chi connectivity index (χ4v) is 1.99. The molecule has 6 heteroatoms. The van der Waals surface area contributed by atoms with Crippen LogP contribution in [0.4, 0.5) is 5.82 Å². The third-order valence-electron chi connectivity index (χ3n) is 3.21. The minimum atomic E-state index is -0.959. The van der Waals surface area contributed by atoms with Gasteiger partial charge in [0, 0.05) is 24.0 Å². The third kappa shape index (κ3) is 4.76. The van der Waals surface area contributed by atoms with Gasteiger partial charge in [0.1, 0.15) is 11.9 Å². The van der Waals surface area contributed by atoms with Crippen molar-refractivity contribution < 1.29 is 9.90 Å². The summed E-state index contributed by atoms with van der Waals surface area (Å²) >= 11 is 0. The van der Waals surface area contributed by atoms with Gasteiger partial charge in [-0.2, -0.15) is 0 Å². The van der Waals surface area contributed by atoms with Gasteiger partial charge in [-0.05, 0) is 29.5 Å². The van der Waals surface area contributed by atoms with E-state index in [9.17, 15) is 4.79 Å². The second kappa shape index (κ2) is 7.86. The van der Waals surface area contributed by atoms with Crippen LogP contribution in [-0.2, 0) is 11.2 Å². The molecule has 6 nitrogen and oxygen atoms in total. The molecule has 2 heterocycles. The highest BCUT2D eigenvalue weighted by Gasteiger charge is 2.10. The average Bonchev–Trinajstić information content (AvgIpc) is 2.57. The van der Waals surface area contributed by atoms with Gasteiger partial charge in [0.15, 0.2) is 0 Å². The van der Waals surface area contributed by atoms with E-state index in [-0.39, 0.29) is 0 Å². The number of aromatic nitrogens is 2. The third-order valence-corrected chi connectivity index (χ3v) is 3.21. The Hall–Kier alpha value is -2.99. The van der Waals surface area contributed by atoms with Gasteiger partial charge >= 0.3 is 5.97 Å². The molecule has 0 aliphatic carbocycles. The zero-order valence-electron chi connectivity index (χ0n) is 12.5. The molecule has 0 fully saturated rings. The van der Waals surface area contributed by atoms with Crippen molar-refractivity contribution in [3.05, 3.63) is 66.6 Å². The van der Waals surface area contributed by atoms with Crippen LogP contribution in [-0.4, -0.2) is 27.1 Å². The van der Waals surface area contributed by atoms with Gasteiger partial charge in [-0.15, -0.1) is 0 Å². The zero-order valence-corrected chi connectivity index (χ0v) is 12.5. The molecule has 0 radical (unpaired) electrons. The lowest BCUT2D eigenvalue weighted by atomic mass is 10.1. The molecule has 0 spiro atoms. The first-order valence-corrected chi connectivity index (χ1v) is 7.04. The maximum atomic E-state index is 10.4. The normalized spacial score (nSPS) is 11.3. The SMILES string of the molecule is N[C@@H](Cc1ccccc1)C(=O)O.Nc1nccc2ccncc12. The Kier molecular flexibility index (Phi) is 5.60. The molecule has 0 unspecified atom stereocenters. The number of nitrogens with two attached hydrogens (primary N) is 2. The van der Waals surface area contributed by atoms with Gasteiger partial charge < -0.3 is 16.6 Å². The molecule has 0 aliphatic rings. The van der Waals surface area contributed by atoms with Crippen LogP contribution >= 0.6 is 0 Å². The van der Waals surface area contributed by atoms with E-state index in [1.54, 1.807) is 18.6 Å². The summed E-state index contributed by atoms with van der Waals surface area (Å²) < 4.78 is 0. The van der Waals surface area contributed by atoms with Crippen molar-refractivity contribution in [2.75, 3.05) is 5.73 Å². The van der Waals surface area contributed by atoms with Crippen molar-refractivity contribution >= 4 is 22.6 Å². The molecule has 23 heavy (non-hydrogen) atoms.